The number of hydrogen-bond donors (Lipinski definition) is 2. The molecule has 0 bridgehead atoms. The first kappa shape index (κ1) is 11.7. The molecule has 82 valence electrons. The predicted molar refractivity (Wildman–Crippen MR) is 61.6 cm³/mol. The van der Waals surface area contributed by atoms with Crippen LogP contribution in [0.25, 0.3) is 0 Å². The largest absolute Gasteiger partial charge is 0.368 e. The van der Waals surface area contributed by atoms with Crippen molar-refractivity contribution in [2.45, 2.75) is 26.8 Å². The topological polar surface area (TPSA) is 55.1 Å². The van der Waals surface area contributed by atoms with Crippen LogP contribution in [0.4, 0.5) is 0 Å². The molecule has 3 heteroatoms. The van der Waals surface area contributed by atoms with Crippen LogP contribution in [-0.4, -0.2) is 13.0 Å². The fourth-order valence-corrected chi connectivity index (χ4v) is 2.08. The van der Waals surface area contributed by atoms with Gasteiger partial charge in [-0.1, -0.05) is 17.7 Å². The highest BCUT2D eigenvalue weighted by Gasteiger charge is 2.19. The van der Waals surface area contributed by atoms with Crippen molar-refractivity contribution in [1.29, 1.82) is 0 Å². The Morgan fingerprint density at radius 2 is 1.73 bits per heavy atom. The van der Waals surface area contributed by atoms with E-state index in [2.05, 4.69) is 17.4 Å². The molecule has 3 N–H and O–H groups in total. The molecule has 0 aliphatic rings. The molecule has 3 nitrogen and oxygen atoms in total. The highest BCUT2D eigenvalue weighted by atomic mass is 16.1. The van der Waals surface area contributed by atoms with Crippen LogP contribution in [0.5, 0.6) is 0 Å². The second kappa shape index (κ2) is 4.45. The average molecular weight is 206 g/mol. The smallest absolute Gasteiger partial charge is 0.239 e. The van der Waals surface area contributed by atoms with E-state index in [1.807, 2.05) is 20.8 Å². The molecule has 0 radical (unpaired) electrons. The first-order valence-electron chi connectivity index (χ1n) is 5.01. The van der Waals surface area contributed by atoms with Crippen LogP contribution in [0.2, 0.25) is 0 Å². The van der Waals surface area contributed by atoms with Crippen molar-refractivity contribution < 1.29 is 4.79 Å². The van der Waals surface area contributed by atoms with Crippen LogP contribution in [-0.2, 0) is 4.79 Å². The van der Waals surface area contributed by atoms with E-state index in [4.69, 9.17) is 5.73 Å². The van der Waals surface area contributed by atoms with Gasteiger partial charge in [-0.15, -0.1) is 0 Å². The normalized spacial score (nSPS) is 12.5. The van der Waals surface area contributed by atoms with Gasteiger partial charge in [-0.05, 0) is 44.5 Å². The summed E-state index contributed by atoms with van der Waals surface area (Å²) in [5.74, 6) is -0.340. The van der Waals surface area contributed by atoms with E-state index in [9.17, 15) is 4.79 Å². The summed E-state index contributed by atoms with van der Waals surface area (Å²) < 4.78 is 0. The third-order valence-corrected chi connectivity index (χ3v) is 2.60. The molecule has 0 heterocycles. The van der Waals surface area contributed by atoms with E-state index in [1.54, 1.807) is 7.05 Å². The van der Waals surface area contributed by atoms with E-state index in [1.165, 1.54) is 5.56 Å². The standard InChI is InChI=1S/C12H18N2O/c1-7-5-8(2)10(9(3)6-7)11(14-4)12(13)15/h5-6,11,14H,1-4H3,(H2,13,15). The molecule has 0 spiro atoms. The van der Waals surface area contributed by atoms with Crippen molar-refractivity contribution in [3.05, 3.63) is 34.4 Å². The zero-order valence-corrected chi connectivity index (χ0v) is 9.72. The van der Waals surface area contributed by atoms with Gasteiger partial charge in [0.15, 0.2) is 0 Å². The number of rotatable bonds is 3. The van der Waals surface area contributed by atoms with Crippen molar-refractivity contribution in [1.82, 2.24) is 5.32 Å². The number of benzene rings is 1. The number of carbonyl (C=O) groups is 1. The average Bonchev–Trinajstić information content (AvgIpc) is 2.09. The molecule has 1 rings (SSSR count). The number of nitrogens with one attached hydrogen (secondary N) is 1. The van der Waals surface area contributed by atoms with Crippen LogP contribution in [0.1, 0.15) is 28.3 Å². The molecule has 0 saturated heterocycles. The molecule has 1 atom stereocenters. The molecule has 1 amide bonds. The monoisotopic (exact) mass is 206 g/mol. The number of nitrogens with two attached hydrogens (primary N) is 1. The van der Waals surface area contributed by atoms with Gasteiger partial charge in [0.25, 0.3) is 0 Å². The molecular formula is C12H18N2O. The summed E-state index contributed by atoms with van der Waals surface area (Å²) in [5.41, 5.74) is 9.76. The van der Waals surface area contributed by atoms with Gasteiger partial charge in [-0.2, -0.15) is 0 Å². The maximum atomic E-state index is 11.3. The Balaban J connectivity index is 3.29. The fourth-order valence-electron chi connectivity index (χ4n) is 2.08. The van der Waals surface area contributed by atoms with E-state index >= 15 is 0 Å². The van der Waals surface area contributed by atoms with Gasteiger partial charge < -0.3 is 11.1 Å². The van der Waals surface area contributed by atoms with Gasteiger partial charge >= 0.3 is 0 Å². The fraction of sp³-hybridized carbons (Fsp3) is 0.417. The Morgan fingerprint density at radius 1 is 1.27 bits per heavy atom. The quantitative estimate of drug-likeness (QED) is 0.784. The minimum absolute atomic E-state index is 0.340. The van der Waals surface area contributed by atoms with Gasteiger partial charge in [0.1, 0.15) is 6.04 Å². The lowest BCUT2D eigenvalue weighted by atomic mass is 9.94. The molecule has 1 aromatic rings. The lowest BCUT2D eigenvalue weighted by Crippen LogP contribution is -2.32. The van der Waals surface area contributed by atoms with Crippen molar-refractivity contribution in [3.8, 4) is 0 Å². The molecule has 0 aliphatic carbocycles. The third kappa shape index (κ3) is 2.36. The molecule has 0 saturated carbocycles. The van der Waals surface area contributed by atoms with Crippen molar-refractivity contribution in [2.75, 3.05) is 7.05 Å². The zero-order chi connectivity index (χ0) is 11.6. The Kier molecular flexibility index (Phi) is 3.48. The summed E-state index contributed by atoms with van der Waals surface area (Å²) in [6.45, 7) is 6.05. The summed E-state index contributed by atoms with van der Waals surface area (Å²) in [5, 5.41) is 2.94. The maximum absolute atomic E-state index is 11.3. The second-order valence-corrected chi connectivity index (χ2v) is 3.94. The summed E-state index contributed by atoms with van der Waals surface area (Å²) >= 11 is 0. The number of primary amides is 1. The minimum Gasteiger partial charge on any atom is -0.368 e. The number of likely N-dealkylation sites (N-methyl/N-ethyl adjacent to an activating group) is 1. The van der Waals surface area contributed by atoms with Gasteiger partial charge in [0.05, 0.1) is 0 Å². The lowest BCUT2D eigenvalue weighted by molar-refractivity contribution is -0.120. The van der Waals surface area contributed by atoms with E-state index in [0.29, 0.717) is 0 Å². The van der Waals surface area contributed by atoms with Crippen molar-refractivity contribution in [2.24, 2.45) is 5.73 Å². The number of hydrogen-bond acceptors (Lipinski definition) is 2. The highest BCUT2D eigenvalue weighted by molar-refractivity contribution is 5.82. The Labute approximate surface area is 90.7 Å². The van der Waals surface area contributed by atoms with Crippen molar-refractivity contribution >= 4 is 5.91 Å². The van der Waals surface area contributed by atoms with Crippen LogP contribution in [0.3, 0.4) is 0 Å². The van der Waals surface area contributed by atoms with Gasteiger partial charge in [0.2, 0.25) is 5.91 Å². The van der Waals surface area contributed by atoms with E-state index in [-0.39, 0.29) is 5.91 Å². The van der Waals surface area contributed by atoms with E-state index in [0.717, 1.165) is 16.7 Å². The second-order valence-electron chi connectivity index (χ2n) is 3.94. The molecule has 1 unspecified atom stereocenters. The highest BCUT2D eigenvalue weighted by Crippen LogP contribution is 2.23. The summed E-state index contributed by atoms with van der Waals surface area (Å²) in [7, 11) is 1.74. The molecule has 1 aromatic carbocycles. The summed E-state index contributed by atoms with van der Waals surface area (Å²) in [6.07, 6.45) is 0. The van der Waals surface area contributed by atoms with Crippen LogP contribution in [0, 0.1) is 20.8 Å². The minimum atomic E-state index is -0.398. The SMILES string of the molecule is CNC(C(N)=O)c1c(C)cc(C)cc1C. The van der Waals surface area contributed by atoms with Crippen LogP contribution >= 0.6 is 0 Å². The number of amides is 1. The Morgan fingerprint density at radius 3 is 2.07 bits per heavy atom. The molecule has 0 aliphatic heterocycles. The molecule has 0 fully saturated rings. The predicted octanol–water partition coefficient (Wildman–Crippen LogP) is 1.36. The molecule has 15 heavy (non-hydrogen) atoms. The molecule has 0 aromatic heterocycles. The maximum Gasteiger partial charge on any atom is 0.239 e. The first-order valence-corrected chi connectivity index (χ1v) is 5.01. The third-order valence-electron chi connectivity index (χ3n) is 2.60. The van der Waals surface area contributed by atoms with Gasteiger partial charge in [-0.3, -0.25) is 4.79 Å². The van der Waals surface area contributed by atoms with Gasteiger partial charge in [-0.25, -0.2) is 0 Å². The Hall–Kier alpha value is -1.35. The summed E-state index contributed by atoms with van der Waals surface area (Å²) in [4.78, 5) is 11.3. The zero-order valence-electron chi connectivity index (χ0n) is 9.72. The van der Waals surface area contributed by atoms with E-state index < -0.39 is 6.04 Å². The van der Waals surface area contributed by atoms with Crippen LogP contribution < -0.4 is 11.1 Å². The number of carbonyl (C=O) groups excluding carboxylic acids is 1. The molecular weight excluding hydrogens is 188 g/mol. The van der Waals surface area contributed by atoms with Crippen molar-refractivity contribution in [3.63, 3.8) is 0 Å². The van der Waals surface area contributed by atoms with Crippen LogP contribution in [0.15, 0.2) is 12.1 Å². The number of aryl methyl sites for hydroxylation is 3. The summed E-state index contributed by atoms with van der Waals surface area (Å²) in [6, 6.07) is 3.73. The Bertz CT molecular complexity index is 362. The van der Waals surface area contributed by atoms with Gasteiger partial charge in [0, 0.05) is 0 Å². The first-order chi connectivity index (χ1) is 6.97. The lowest BCUT2D eigenvalue weighted by Gasteiger charge is -2.18.